The zero-order chi connectivity index (χ0) is 13.7. The minimum absolute atomic E-state index is 0.305. The van der Waals surface area contributed by atoms with E-state index in [0.29, 0.717) is 11.4 Å². The summed E-state index contributed by atoms with van der Waals surface area (Å²) < 4.78 is 17.9. The van der Waals surface area contributed by atoms with E-state index in [1.807, 2.05) is 18.2 Å². The van der Waals surface area contributed by atoms with Crippen LogP contribution in [0.2, 0.25) is 0 Å². The molecule has 1 N–H and O–H groups in total. The van der Waals surface area contributed by atoms with E-state index < -0.39 is 6.04 Å². The Kier molecular flexibility index (Phi) is 3.99. The van der Waals surface area contributed by atoms with Crippen LogP contribution < -0.4 is 10.1 Å². The summed E-state index contributed by atoms with van der Waals surface area (Å²) in [7, 11) is 1.58. The first-order valence-electron chi connectivity index (χ1n) is 5.78. The lowest BCUT2D eigenvalue weighted by Gasteiger charge is -2.14. The van der Waals surface area contributed by atoms with Crippen LogP contribution in [0.5, 0.6) is 5.75 Å². The molecule has 0 amide bonds. The van der Waals surface area contributed by atoms with E-state index in [0.717, 1.165) is 5.56 Å². The zero-order valence-corrected chi connectivity index (χ0v) is 10.4. The number of rotatable bonds is 4. The highest BCUT2D eigenvalue weighted by Crippen LogP contribution is 2.22. The Bertz CT molecular complexity index is 590. The summed E-state index contributed by atoms with van der Waals surface area (Å²) in [6.45, 7) is 0. The largest absolute Gasteiger partial charge is 0.497 e. The summed E-state index contributed by atoms with van der Waals surface area (Å²) in [5.41, 5.74) is 1.49. The summed E-state index contributed by atoms with van der Waals surface area (Å²) in [5.74, 6) is 0.388. The topological polar surface area (TPSA) is 45.0 Å². The Morgan fingerprint density at radius 2 is 1.95 bits per heavy atom. The van der Waals surface area contributed by atoms with Gasteiger partial charge in [-0.3, -0.25) is 0 Å². The number of benzene rings is 2. The average molecular weight is 256 g/mol. The van der Waals surface area contributed by atoms with Gasteiger partial charge in [0.15, 0.2) is 0 Å². The molecule has 19 heavy (non-hydrogen) atoms. The fourth-order valence-corrected chi connectivity index (χ4v) is 1.72. The van der Waals surface area contributed by atoms with Crippen molar-refractivity contribution in [1.29, 1.82) is 5.26 Å². The van der Waals surface area contributed by atoms with E-state index in [1.54, 1.807) is 25.3 Å². The lowest BCUT2D eigenvalue weighted by Crippen LogP contribution is -2.08. The third-order valence-corrected chi connectivity index (χ3v) is 2.71. The van der Waals surface area contributed by atoms with Gasteiger partial charge in [0.2, 0.25) is 0 Å². The summed E-state index contributed by atoms with van der Waals surface area (Å²) >= 11 is 0. The van der Waals surface area contributed by atoms with E-state index >= 15 is 0 Å². The Morgan fingerprint density at radius 1 is 1.21 bits per heavy atom. The quantitative estimate of drug-likeness (QED) is 0.910. The minimum atomic E-state index is -0.513. The van der Waals surface area contributed by atoms with Crippen LogP contribution in [0, 0.1) is 17.1 Å². The monoisotopic (exact) mass is 256 g/mol. The van der Waals surface area contributed by atoms with Crippen molar-refractivity contribution in [3.63, 3.8) is 0 Å². The van der Waals surface area contributed by atoms with Crippen LogP contribution in [0.4, 0.5) is 10.1 Å². The Hall–Kier alpha value is -2.54. The third kappa shape index (κ3) is 3.23. The Balaban J connectivity index is 2.20. The summed E-state index contributed by atoms with van der Waals surface area (Å²) in [5, 5.41) is 12.3. The average Bonchev–Trinajstić information content (AvgIpc) is 2.46. The van der Waals surface area contributed by atoms with E-state index in [4.69, 9.17) is 4.74 Å². The molecule has 0 saturated heterocycles. The van der Waals surface area contributed by atoms with Crippen molar-refractivity contribution in [3.05, 3.63) is 59.9 Å². The molecule has 1 atom stereocenters. The fourth-order valence-electron chi connectivity index (χ4n) is 1.72. The molecule has 1 unspecified atom stereocenters. The Labute approximate surface area is 111 Å². The van der Waals surface area contributed by atoms with Gasteiger partial charge in [-0.1, -0.05) is 12.1 Å². The van der Waals surface area contributed by atoms with Gasteiger partial charge in [0.05, 0.1) is 13.2 Å². The minimum Gasteiger partial charge on any atom is -0.497 e. The lowest BCUT2D eigenvalue weighted by molar-refractivity contribution is 0.414. The van der Waals surface area contributed by atoms with Gasteiger partial charge in [0, 0.05) is 5.69 Å². The van der Waals surface area contributed by atoms with Crippen molar-refractivity contribution in [2.24, 2.45) is 0 Å². The van der Waals surface area contributed by atoms with Gasteiger partial charge in [-0.05, 0) is 42.0 Å². The zero-order valence-electron chi connectivity index (χ0n) is 10.4. The molecule has 0 radical (unpaired) electrons. The molecular weight excluding hydrogens is 243 g/mol. The second kappa shape index (κ2) is 5.87. The van der Waals surface area contributed by atoms with Crippen LogP contribution in [-0.2, 0) is 0 Å². The first-order valence-corrected chi connectivity index (χ1v) is 5.78. The van der Waals surface area contributed by atoms with Gasteiger partial charge in [0.25, 0.3) is 0 Å². The standard InChI is InChI=1S/C15H13FN2O/c1-19-14-4-2-3-11(9-14)15(10-17)18-13-7-5-12(16)6-8-13/h2-9,15,18H,1H3. The molecule has 0 spiro atoms. The van der Waals surface area contributed by atoms with Gasteiger partial charge in [-0.15, -0.1) is 0 Å². The van der Waals surface area contributed by atoms with Crippen molar-refractivity contribution in [1.82, 2.24) is 0 Å². The van der Waals surface area contributed by atoms with E-state index in [2.05, 4.69) is 11.4 Å². The molecule has 0 aliphatic carbocycles. The second-order valence-corrected chi connectivity index (χ2v) is 3.99. The normalized spacial score (nSPS) is 11.4. The highest BCUT2D eigenvalue weighted by atomic mass is 19.1. The van der Waals surface area contributed by atoms with Crippen molar-refractivity contribution in [2.45, 2.75) is 6.04 Å². The number of hydrogen-bond donors (Lipinski definition) is 1. The number of anilines is 1. The van der Waals surface area contributed by atoms with Gasteiger partial charge >= 0.3 is 0 Å². The molecule has 0 aliphatic rings. The van der Waals surface area contributed by atoms with E-state index in [1.165, 1.54) is 12.1 Å². The molecule has 2 aromatic carbocycles. The molecule has 0 aromatic heterocycles. The first kappa shape index (κ1) is 12.9. The molecule has 0 heterocycles. The maximum absolute atomic E-state index is 12.8. The van der Waals surface area contributed by atoms with Crippen LogP contribution in [-0.4, -0.2) is 7.11 Å². The second-order valence-electron chi connectivity index (χ2n) is 3.99. The summed E-state index contributed by atoms with van der Waals surface area (Å²) in [6, 6.07) is 14.8. The maximum Gasteiger partial charge on any atom is 0.140 e. The van der Waals surface area contributed by atoms with E-state index in [9.17, 15) is 9.65 Å². The van der Waals surface area contributed by atoms with Gasteiger partial charge < -0.3 is 10.1 Å². The van der Waals surface area contributed by atoms with Crippen LogP contribution in [0.3, 0.4) is 0 Å². The highest BCUT2D eigenvalue weighted by Gasteiger charge is 2.11. The van der Waals surface area contributed by atoms with Crippen LogP contribution >= 0.6 is 0 Å². The lowest BCUT2D eigenvalue weighted by atomic mass is 10.1. The number of ether oxygens (including phenoxy) is 1. The molecular formula is C15H13FN2O. The molecule has 4 heteroatoms. The SMILES string of the molecule is COc1cccc(C(C#N)Nc2ccc(F)cc2)c1. The fraction of sp³-hybridized carbons (Fsp3) is 0.133. The number of halogens is 1. The third-order valence-electron chi connectivity index (χ3n) is 2.71. The predicted molar refractivity (Wildman–Crippen MR) is 71.4 cm³/mol. The van der Waals surface area contributed by atoms with Crippen molar-refractivity contribution < 1.29 is 9.13 Å². The highest BCUT2D eigenvalue weighted by molar-refractivity contribution is 5.48. The van der Waals surface area contributed by atoms with Crippen molar-refractivity contribution in [3.8, 4) is 11.8 Å². The molecule has 0 bridgehead atoms. The summed E-state index contributed by atoms with van der Waals surface area (Å²) in [4.78, 5) is 0. The smallest absolute Gasteiger partial charge is 0.140 e. The number of nitrogens with one attached hydrogen (secondary N) is 1. The number of nitrogens with zero attached hydrogens (tertiary/aromatic N) is 1. The first-order chi connectivity index (χ1) is 9.22. The number of methoxy groups -OCH3 is 1. The van der Waals surface area contributed by atoms with Crippen molar-refractivity contribution >= 4 is 5.69 Å². The van der Waals surface area contributed by atoms with Crippen molar-refractivity contribution in [2.75, 3.05) is 12.4 Å². The molecule has 2 rings (SSSR count). The maximum atomic E-state index is 12.8. The van der Waals surface area contributed by atoms with Crippen LogP contribution in [0.1, 0.15) is 11.6 Å². The van der Waals surface area contributed by atoms with E-state index in [-0.39, 0.29) is 5.82 Å². The van der Waals surface area contributed by atoms with Gasteiger partial charge in [-0.25, -0.2) is 4.39 Å². The molecule has 0 aliphatic heterocycles. The molecule has 0 saturated carbocycles. The molecule has 96 valence electrons. The number of hydrogen-bond acceptors (Lipinski definition) is 3. The van der Waals surface area contributed by atoms with Gasteiger partial charge in [-0.2, -0.15) is 5.26 Å². The molecule has 3 nitrogen and oxygen atoms in total. The molecule has 0 fully saturated rings. The summed E-state index contributed by atoms with van der Waals surface area (Å²) in [6.07, 6.45) is 0. The predicted octanol–water partition coefficient (Wildman–Crippen LogP) is 3.51. The molecule has 2 aromatic rings. The van der Waals surface area contributed by atoms with Crippen LogP contribution in [0.25, 0.3) is 0 Å². The number of nitriles is 1. The van der Waals surface area contributed by atoms with Gasteiger partial charge in [0.1, 0.15) is 17.6 Å². The van der Waals surface area contributed by atoms with Crippen LogP contribution in [0.15, 0.2) is 48.5 Å². The Morgan fingerprint density at radius 3 is 2.58 bits per heavy atom.